The largest absolute Gasteiger partial charge is 0.477 e. The smallest absolute Gasteiger partial charge is 0.236 e. The summed E-state index contributed by atoms with van der Waals surface area (Å²) in [5.74, 6) is 0.608. The molecular formula is C29H39ClN4O3. The van der Waals surface area contributed by atoms with Crippen molar-refractivity contribution in [3.05, 3.63) is 70.7 Å². The molecule has 200 valence electrons. The van der Waals surface area contributed by atoms with Crippen LogP contribution in [0.1, 0.15) is 44.7 Å². The predicted octanol–water partition coefficient (Wildman–Crippen LogP) is 3.97. The van der Waals surface area contributed by atoms with Crippen LogP contribution in [0, 0.1) is 0 Å². The lowest BCUT2D eigenvalue weighted by molar-refractivity contribution is -0.124. The molecule has 7 nitrogen and oxygen atoms in total. The van der Waals surface area contributed by atoms with Gasteiger partial charge in [0.2, 0.25) is 11.8 Å². The molecule has 0 radical (unpaired) electrons. The lowest BCUT2D eigenvalue weighted by atomic mass is 9.95. The molecule has 0 aromatic heterocycles. The number of nitrogens with one attached hydrogen (secondary N) is 1. The molecule has 4 unspecified atom stereocenters. The SMILES string of the molecule is CC(N)C(=O)NC(CN1CCCC1C1=N[C@](C)(Cc2cccc(Cl)c2)CO1)C(C)OCc1ccccc1. The number of hydrogen-bond donors (Lipinski definition) is 2. The zero-order valence-corrected chi connectivity index (χ0v) is 22.8. The fourth-order valence-corrected chi connectivity index (χ4v) is 5.24. The molecule has 3 N–H and O–H groups in total. The van der Waals surface area contributed by atoms with Crippen LogP contribution in [0.4, 0.5) is 0 Å². The van der Waals surface area contributed by atoms with Crippen molar-refractivity contribution in [1.29, 1.82) is 0 Å². The molecule has 1 fully saturated rings. The monoisotopic (exact) mass is 526 g/mol. The Kier molecular flexibility index (Phi) is 9.24. The summed E-state index contributed by atoms with van der Waals surface area (Å²) in [5.41, 5.74) is 7.79. The van der Waals surface area contributed by atoms with E-state index in [9.17, 15) is 4.79 Å². The molecule has 0 spiro atoms. The van der Waals surface area contributed by atoms with Crippen LogP contribution in [0.25, 0.3) is 0 Å². The fraction of sp³-hybridized carbons (Fsp3) is 0.517. The molecular weight excluding hydrogens is 488 g/mol. The van der Waals surface area contributed by atoms with Crippen LogP contribution in [-0.4, -0.2) is 66.2 Å². The third-order valence-electron chi connectivity index (χ3n) is 7.13. The second kappa shape index (κ2) is 12.4. The Hall–Kier alpha value is -2.45. The average molecular weight is 527 g/mol. The zero-order chi connectivity index (χ0) is 26.4. The van der Waals surface area contributed by atoms with E-state index < -0.39 is 6.04 Å². The Morgan fingerprint density at radius 3 is 2.73 bits per heavy atom. The summed E-state index contributed by atoms with van der Waals surface area (Å²) in [6, 6.07) is 17.2. The summed E-state index contributed by atoms with van der Waals surface area (Å²) < 4.78 is 12.4. The maximum atomic E-state index is 12.6. The minimum absolute atomic E-state index is 0.0808. The Balaban J connectivity index is 1.44. The summed E-state index contributed by atoms with van der Waals surface area (Å²) in [6.07, 6.45) is 2.58. The van der Waals surface area contributed by atoms with Crippen molar-refractivity contribution in [2.45, 2.75) is 76.4 Å². The molecule has 4 rings (SSSR count). The molecule has 1 amide bonds. The van der Waals surface area contributed by atoms with Gasteiger partial charge in [0.05, 0.1) is 36.4 Å². The lowest BCUT2D eigenvalue weighted by Gasteiger charge is -2.32. The van der Waals surface area contributed by atoms with E-state index in [0.717, 1.165) is 47.9 Å². The highest BCUT2D eigenvalue weighted by atomic mass is 35.5. The number of rotatable bonds is 11. The van der Waals surface area contributed by atoms with Gasteiger partial charge in [-0.15, -0.1) is 0 Å². The number of ether oxygens (including phenoxy) is 2. The van der Waals surface area contributed by atoms with Crippen LogP contribution in [0.2, 0.25) is 5.02 Å². The average Bonchev–Trinajstić information content (AvgIpc) is 3.48. The van der Waals surface area contributed by atoms with E-state index in [1.165, 1.54) is 0 Å². The highest BCUT2D eigenvalue weighted by Gasteiger charge is 2.40. The minimum atomic E-state index is -0.590. The van der Waals surface area contributed by atoms with Crippen LogP contribution >= 0.6 is 11.6 Å². The van der Waals surface area contributed by atoms with Crippen LogP contribution in [0.15, 0.2) is 59.6 Å². The summed E-state index contributed by atoms with van der Waals surface area (Å²) in [7, 11) is 0. The first-order chi connectivity index (χ1) is 17.7. The third kappa shape index (κ3) is 7.54. The van der Waals surface area contributed by atoms with E-state index in [4.69, 9.17) is 31.8 Å². The van der Waals surface area contributed by atoms with Gasteiger partial charge >= 0.3 is 0 Å². The van der Waals surface area contributed by atoms with Crippen LogP contribution < -0.4 is 11.1 Å². The Morgan fingerprint density at radius 2 is 2.00 bits per heavy atom. The number of halogens is 1. The van der Waals surface area contributed by atoms with E-state index in [0.29, 0.717) is 19.8 Å². The van der Waals surface area contributed by atoms with Crippen LogP contribution in [0.3, 0.4) is 0 Å². The number of nitrogens with two attached hydrogens (primary N) is 1. The number of carbonyl (C=O) groups is 1. The molecule has 0 aliphatic carbocycles. The number of aliphatic imine (C=N–C) groups is 1. The highest BCUT2D eigenvalue weighted by molar-refractivity contribution is 6.30. The number of likely N-dealkylation sites (tertiary alicyclic amines) is 1. The Bertz CT molecular complexity index is 1080. The molecule has 2 aromatic carbocycles. The van der Waals surface area contributed by atoms with Crippen molar-refractivity contribution in [1.82, 2.24) is 10.2 Å². The number of nitrogens with zero attached hydrogens (tertiary/aromatic N) is 2. The number of carbonyl (C=O) groups excluding carboxylic acids is 1. The summed E-state index contributed by atoms with van der Waals surface area (Å²) >= 11 is 6.19. The predicted molar refractivity (Wildman–Crippen MR) is 148 cm³/mol. The molecule has 8 heteroatoms. The van der Waals surface area contributed by atoms with Gasteiger partial charge in [-0.05, 0) is 63.4 Å². The summed E-state index contributed by atoms with van der Waals surface area (Å²) in [5, 5.41) is 3.85. The summed E-state index contributed by atoms with van der Waals surface area (Å²) in [4.78, 5) is 20.0. The second-order valence-electron chi connectivity index (χ2n) is 10.6. The Morgan fingerprint density at radius 1 is 1.24 bits per heavy atom. The topological polar surface area (TPSA) is 89.2 Å². The quantitative estimate of drug-likeness (QED) is 0.462. The normalized spacial score (nSPS) is 24.2. The van der Waals surface area contributed by atoms with E-state index in [1.54, 1.807) is 6.92 Å². The Labute approximate surface area is 225 Å². The number of benzene rings is 2. The standard InChI is InChI=1S/C29H39ClN4O3/c1-20(31)27(35)32-25(21(2)36-18-22-9-5-4-6-10-22)17-34-14-8-13-26(34)28-33-29(3,19-37-28)16-23-11-7-12-24(30)15-23/h4-7,9-12,15,20-21,25-26H,8,13-14,16-19,31H2,1-3H3,(H,32,35)/t20?,21?,25?,26?,29-/m1/s1. The first-order valence-corrected chi connectivity index (χ1v) is 13.5. The first kappa shape index (κ1) is 27.6. The summed E-state index contributed by atoms with van der Waals surface area (Å²) in [6.45, 7) is 8.40. The van der Waals surface area contributed by atoms with Crippen molar-refractivity contribution < 1.29 is 14.3 Å². The van der Waals surface area contributed by atoms with E-state index in [2.05, 4.69) is 23.2 Å². The van der Waals surface area contributed by atoms with Crippen LogP contribution in [0.5, 0.6) is 0 Å². The van der Waals surface area contributed by atoms with E-state index >= 15 is 0 Å². The van der Waals surface area contributed by atoms with E-state index in [1.807, 2.05) is 55.5 Å². The van der Waals surface area contributed by atoms with Crippen molar-refractivity contribution in [2.24, 2.45) is 10.7 Å². The lowest BCUT2D eigenvalue weighted by Crippen LogP contribution is -2.55. The molecule has 2 aliphatic rings. The van der Waals surface area contributed by atoms with Crippen LogP contribution in [-0.2, 0) is 27.3 Å². The van der Waals surface area contributed by atoms with Gasteiger partial charge in [-0.1, -0.05) is 54.1 Å². The van der Waals surface area contributed by atoms with Gasteiger partial charge < -0.3 is 20.5 Å². The van der Waals surface area contributed by atoms with Gasteiger partial charge in [0.1, 0.15) is 6.61 Å². The third-order valence-corrected chi connectivity index (χ3v) is 7.36. The van der Waals surface area contributed by atoms with Crippen molar-refractivity contribution in [3.63, 3.8) is 0 Å². The molecule has 0 bridgehead atoms. The van der Waals surface area contributed by atoms with Gasteiger partial charge in [-0.2, -0.15) is 0 Å². The van der Waals surface area contributed by atoms with Crippen molar-refractivity contribution >= 4 is 23.4 Å². The number of amides is 1. The molecule has 2 aliphatic heterocycles. The maximum absolute atomic E-state index is 12.6. The maximum Gasteiger partial charge on any atom is 0.236 e. The number of hydrogen-bond acceptors (Lipinski definition) is 6. The van der Waals surface area contributed by atoms with E-state index in [-0.39, 0.29) is 29.6 Å². The minimum Gasteiger partial charge on any atom is -0.477 e. The molecule has 2 heterocycles. The van der Waals surface area contributed by atoms with Gasteiger partial charge in [-0.25, -0.2) is 4.99 Å². The van der Waals surface area contributed by atoms with Gasteiger partial charge in [-0.3, -0.25) is 9.69 Å². The van der Waals surface area contributed by atoms with Crippen molar-refractivity contribution in [2.75, 3.05) is 19.7 Å². The molecule has 1 saturated heterocycles. The highest BCUT2D eigenvalue weighted by Crippen LogP contribution is 2.30. The van der Waals surface area contributed by atoms with Gasteiger partial charge in [0.25, 0.3) is 0 Å². The molecule has 5 atom stereocenters. The fourth-order valence-electron chi connectivity index (χ4n) is 5.03. The zero-order valence-electron chi connectivity index (χ0n) is 22.0. The van der Waals surface area contributed by atoms with Gasteiger partial charge in [0.15, 0.2) is 0 Å². The second-order valence-corrected chi connectivity index (χ2v) is 11.0. The van der Waals surface area contributed by atoms with Crippen molar-refractivity contribution in [3.8, 4) is 0 Å². The molecule has 2 aromatic rings. The molecule has 37 heavy (non-hydrogen) atoms. The first-order valence-electron chi connectivity index (χ1n) is 13.1. The van der Waals surface area contributed by atoms with Gasteiger partial charge in [0, 0.05) is 18.0 Å². The molecule has 0 saturated carbocycles.